The second-order valence-electron chi connectivity index (χ2n) is 9.59. The second kappa shape index (κ2) is 8.80. The standard InChI is InChI=1S/C25H28F3N7O2/c1-14-18-8-16(24(36,22-10-30-32-34(22)4)21-9-29-15(2)33(21)3)6-7-20(18)31-23(37-5)19(14)13-35-11-17(12-35)25(26,27)28/h6-10,17,36H,11-13H2,1-5H3. The number of pyridine rings is 1. The quantitative estimate of drug-likeness (QED) is 0.422. The van der Waals surface area contributed by atoms with Gasteiger partial charge < -0.3 is 14.4 Å². The Morgan fingerprint density at radius 3 is 2.41 bits per heavy atom. The van der Waals surface area contributed by atoms with Crippen molar-refractivity contribution in [2.45, 2.75) is 32.2 Å². The van der Waals surface area contributed by atoms with Gasteiger partial charge in [-0.25, -0.2) is 14.6 Å². The number of aromatic nitrogens is 6. The lowest BCUT2D eigenvalue weighted by Crippen LogP contribution is -2.52. The van der Waals surface area contributed by atoms with Gasteiger partial charge in [0, 0.05) is 44.7 Å². The minimum absolute atomic E-state index is 0.0583. The monoisotopic (exact) mass is 515 g/mol. The summed E-state index contributed by atoms with van der Waals surface area (Å²) >= 11 is 0. The number of alkyl halides is 3. The minimum atomic E-state index is -4.19. The molecule has 1 saturated heterocycles. The van der Waals surface area contributed by atoms with Crippen molar-refractivity contribution in [1.29, 1.82) is 0 Å². The molecule has 4 heterocycles. The first-order valence-electron chi connectivity index (χ1n) is 11.8. The van der Waals surface area contributed by atoms with Crippen LogP contribution in [0.25, 0.3) is 10.9 Å². The molecule has 196 valence electrons. The number of nitrogens with zero attached hydrogens (tertiary/aromatic N) is 7. The average Bonchev–Trinajstić information content (AvgIpc) is 3.40. The van der Waals surface area contributed by atoms with E-state index in [1.165, 1.54) is 18.0 Å². The summed E-state index contributed by atoms with van der Waals surface area (Å²) in [6.07, 6.45) is -1.06. The number of fused-ring (bicyclic) bond motifs is 1. The third kappa shape index (κ3) is 4.04. The molecule has 0 radical (unpaired) electrons. The van der Waals surface area contributed by atoms with E-state index in [4.69, 9.17) is 4.74 Å². The van der Waals surface area contributed by atoms with Crippen molar-refractivity contribution in [3.8, 4) is 5.88 Å². The molecule has 0 spiro atoms. The van der Waals surface area contributed by atoms with Crippen LogP contribution < -0.4 is 4.74 Å². The molecule has 1 atom stereocenters. The zero-order valence-electron chi connectivity index (χ0n) is 21.2. The highest BCUT2D eigenvalue weighted by Gasteiger charge is 2.47. The third-order valence-electron chi connectivity index (χ3n) is 7.42. The van der Waals surface area contributed by atoms with Crippen LogP contribution in [-0.2, 0) is 26.2 Å². The smallest absolute Gasteiger partial charge is 0.394 e. The predicted octanol–water partition coefficient (Wildman–Crippen LogP) is 3.00. The van der Waals surface area contributed by atoms with Gasteiger partial charge in [-0.05, 0) is 37.1 Å². The highest BCUT2D eigenvalue weighted by atomic mass is 19.4. The zero-order chi connectivity index (χ0) is 26.7. The maximum Gasteiger partial charge on any atom is 0.394 e. The molecule has 1 unspecified atom stereocenters. The summed E-state index contributed by atoms with van der Waals surface area (Å²) in [5, 5.41) is 21.0. The third-order valence-corrected chi connectivity index (χ3v) is 7.42. The molecule has 0 aliphatic carbocycles. The van der Waals surface area contributed by atoms with Crippen LogP contribution in [0.3, 0.4) is 0 Å². The van der Waals surface area contributed by atoms with E-state index in [1.54, 1.807) is 30.3 Å². The normalized spacial score (nSPS) is 16.7. The maximum atomic E-state index is 13.0. The number of aliphatic hydroxyl groups is 1. The fourth-order valence-electron chi connectivity index (χ4n) is 5.03. The van der Waals surface area contributed by atoms with Crippen LogP contribution in [0.5, 0.6) is 5.88 Å². The number of ether oxygens (including phenoxy) is 1. The van der Waals surface area contributed by atoms with Crippen molar-refractivity contribution in [2.24, 2.45) is 20.0 Å². The Morgan fingerprint density at radius 1 is 1.11 bits per heavy atom. The highest BCUT2D eigenvalue weighted by Crippen LogP contribution is 2.40. The van der Waals surface area contributed by atoms with E-state index in [9.17, 15) is 18.3 Å². The van der Waals surface area contributed by atoms with Gasteiger partial charge >= 0.3 is 6.18 Å². The van der Waals surface area contributed by atoms with Crippen molar-refractivity contribution in [3.63, 3.8) is 0 Å². The number of hydrogen-bond acceptors (Lipinski definition) is 7. The first kappa shape index (κ1) is 25.2. The highest BCUT2D eigenvalue weighted by molar-refractivity contribution is 5.85. The van der Waals surface area contributed by atoms with Crippen LogP contribution in [0.15, 0.2) is 30.6 Å². The van der Waals surface area contributed by atoms with Crippen molar-refractivity contribution < 1.29 is 23.0 Å². The van der Waals surface area contributed by atoms with E-state index in [1.807, 2.05) is 31.5 Å². The molecule has 0 saturated carbocycles. The lowest BCUT2D eigenvalue weighted by atomic mass is 9.86. The Hall–Kier alpha value is -3.51. The lowest BCUT2D eigenvalue weighted by molar-refractivity contribution is -0.210. The van der Waals surface area contributed by atoms with Crippen molar-refractivity contribution in [3.05, 3.63) is 64.5 Å². The van der Waals surface area contributed by atoms with Crippen LogP contribution in [0.4, 0.5) is 13.2 Å². The Balaban J connectivity index is 1.62. The van der Waals surface area contributed by atoms with Gasteiger partial charge in [-0.2, -0.15) is 13.2 Å². The minimum Gasteiger partial charge on any atom is -0.481 e. The molecule has 5 rings (SSSR count). The molecule has 0 amide bonds. The van der Waals surface area contributed by atoms with E-state index in [0.717, 1.165) is 22.3 Å². The number of hydrogen-bond donors (Lipinski definition) is 1. The molecule has 12 heteroatoms. The summed E-state index contributed by atoms with van der Waals surface area (Å²) in [4.78, 5) is 10.7. The van der Waals surface area contributed by atoms with E-state index < -0.39 is 17.7 Å². The van der Waals surface area contributed by atoms with Crippen LogP contribution in [0.1, 0.15) is 33.9 Å². The summed E-state index contributed by atoms with van der Waals surface area (Å²) in [6.45, 7) is 3.91. The van der Waals surface area contributed by atoms with Gasteiger partial charge in [0.05, 0.1) is 36.6 Å². The molecule has 1 N–H and O–H groups in total. The van der Waals surface area contributed by atoms with Crippen molar-refractivity contribution in [1.82, 2.24) is 34.4 Å². The Kier molecular flexibility index (Phi) is 5.99. The molecule has 9 nitrogen and oxygen atoms in total. The molecular weight excluding hydrogens is 487 g/mol. The molecule has 1 aromatic carbocycles. The molecule has 37 heavy (non-hydrogen) atoms. The molecule has 1 aliphatic heterocycles. The number of rotatable bonds is 6. The van der Waals surface area contributed by atoms with Gasteiger partial charge in [-0.1, -0.05) is 11.3 Å². The fraction of sp³-hybridized carbons (Fsp3) is 0.440. The summed E-state index contributed by atoms with van der Waals surface area (Å²) in [7, 11) is 5.03. The number of halogens is 3. The number of methoxy groups -OCH3 is 1. The van der Waals surface area contributed by atoms with Gasteiger partial charge in [0.15, 0.2) is 5.60 Å². The second-order valence-corrected chi connectivity index (χ2v) is 9.59. The zero-order valence-corrected chi connectivity index (χ0v) is 21.2. The Morgan fingerprint density at radius 2 is 1.84 bits per heavy atom. The predicted molar refractivity (Wildman–Crippen MR) is 129 cm³/mol. The SMILES string of the molecule is COc1nc2ccc(C(O)(c3cnnn3C)c3cnc(C)n3C)cc2c(C)c1CN1CC(C(F)(F)F)C1. The first-order chi connectivity index (χ1) is 17.4. The lowest BCUT2D eigenvalue weighted by Gasteiger charge is -2.40. The van der Waals surface area contributed by atoms with Gasteiger partial charge in [-0.3, -0.25) is 4.90 Å². The summed E-state index contributed by atoms with van der Waals surface area (Å²) in [5.74, 6) is -0.217. The van der Waals surface area contributed by atoms with Crippen LogP contribution in [0, 0.1) is 19.8 Å². The maximum absolute atomic E-state index is 13.0. The van der Waals surface area contributed by atoms with E-state index in [0.29, 0.717) is 28.3 Å². The summed E-state index contributed by atoms with van der Waals surface area (Å²) in [5.41, 5.74) is 2.09. The average molecular weight is 516 g/mol. The Bertz CT molecular complexity index is 1470. The molecule has 1 fully saturated rings. The van der Waals surface area contributed by atoms with Crippen LogP contribution in [0.2, 0.25) is 0 Å². The Labute approximate surface area is 211 Å². The number of aryl methyl sites for hydroxylation is 3. The fourth-order valence-corrected chi connectivity index (χ4v) is 5.03. The van der Waals surface area contributed by atoms with Crippen molar-refractivity contribution in [2.75, 3.05) is 20.2 Å². The molecule has 4 aromatic rings. The topological polar surface area (TPSA) is 94.1 Å². The first-order valence-corrected chi connectivity index (χ1v) is 11.8. The summed E-state index contributed by atoms with van der Waals surface area (Å²) < 4.78 is 47.9. The molecule has 1 aliphatic rings. The number of benzene rings is 1. The van der Waals surface area contributed by atoms with E-state index in [-0.39, 0.29) is 19.6 Å². The molecule has 3 aromatic heterocycles. The van der Waals surface area contributed by atoms with Gasteiger partial charge in [-0.15, -0.1) is 5.10 Å². The largest absolute Gasteiger partial charge is 0.481 e. The van der Waals surface area contributed by atoms with E-state index >= 15 is 0 Å². The van der Waals surface area contributed by atoms with E-state index in [2.05, 4.69) is 20.3 Å². The van der Waals surface area contributed by atoms with Crippen LogP contribution in [-0.4, -0.2) is 65.9 Å². The van der Waals surface area contributed by atoms with Gasteiger partial charge in [0.25, 0.3) is 0 Å². The number of imidazole rings is 1. The van der Waals surface area contributed by atoms with Gasteiger partial charge in [0.1, 0.15) is 11.5 Å². The van der Waals surface area contributed by atoms with Crippen molar-refractivity contribution >= 4 is 10.9 Å². The van der Waals surface area contributed by atoms with Crippen LogP contribution >= 0.6 is 0 Å². The van der Waals surface area contributed by atoms with Gasteiger partial charge in [0.2, 0.25) is 5.88 Å². The summed E-state index contributed by atoms with van der Waals surface area (Å²) in [6, 6.07) is 5.43. The number of likely N-dealkylation sites (tertiary alicyclic amines) is 1. The molecular formula is C25H28F3N7O2. The molecule has 0 bridgehead atoms.